The van der Waals surface area contributed by atoms with Gasteiger partial charge in [0.05, 0.1) is 12.2 Å². The molecule has 0 saturated heterocycles. The molecule has 0 aliphatic carbocycles. The predicted molar refractivity (Wildman–Crippen MR) is 92.8 cm³/mol. The van der Waals surface area contributed by atoms with Crippen LogP contribution in [0.3, 0.4) is 0 Å². The zero-order valence-corrected chi connectivity index (χ0v) is 14.4. The van der Waals surface area contributed by atoms with Gasteiger partial charge in [-0.05, 0) is 36.8 Å². The lowest BCUT2D eigenvalue weighted by Crippen LogP contribution is -2.56. The monoisotopic (exact) mass is 378 g/mol. The van der Waals surface area contributed by atoms with E-state index in [1.54, 1.807) is 25.1 Å². The second-order valence-corrected chi connectivity index (χ2v) is 6.09. The minimum atomic E-state index is -4.94. The molecule has 1 heterocycles. The van der Waals surface area contributed by atoms with Gasteiger partial charge in [-0.1, -0.05) is 30.3 Å². The Kier molecular flexibility index (Phi) is 4.87. The van der Waals surface area contributed by atoms with Gasteiger partial charge in [0, 0.05) is 12.0 Å². The molecule has 0 radical (unpaired) electrons. The van der Waals surface area contributed by atoms with Crippen LogP contribution in [0.5, 0.6) is 11.5 Å². The smallest absolute Gasteiger partial charge is 0.433 e. The van der Waals surface area contributed by atoms with Crippen molar-refractivity contribution in [1.82, 2.24) is 0 Å². The summed E-state index contributed by atoms with van der Waals surface area (Å²) in [6, 6.07) is 12.2. The average Bonchev–Trinajstić information content (AvgIpc) is 2.61. The molecular weight excluding hydrogens is 361 g/mol. The van der Waals surface area contributed by atoms with Crippen molar-refractivity contribution in [3.63, 3.8) is 0 Å². The third kappa shape index (κ3) is 3.49. The first-order valence-electron chi connectivity index (χ1n) is 8.29. The number of hydrogen-bond donors (Lipinski definition) is 1. The number of hydrogen-bond acceptors (Lipinski definition) is 3. The molecule has 1 unspecified atom stereocenters. The third-order valence-electron chi connectivity index (χ3n) is 4.30. The summed E-state index contributed by atoms with van der Waals surface area (Å²) in [5.41, 5.74) is -3.30. The van der Waals surface area contributed by atoms with Gasteiger partial charge in [0.2, 0.25) is 5.60 Å². The van der Waals surface area contributed by atoms with E-state index in [1.165, 1.54) is 30.3 Å². The zero-order chi connectivity index (χ0) is 19.7. The minimum absolute atomic E-state index is 0.0447. The van der Waals surface area contributed by atoms with Gasteiger partial charge >= 0.3 is 12.1 Å². The maximum atomic E-state index is 14.1. The number of carboxylic acids is 1. The zero-order valence-electron chi connectivity index (χ0n) is 14.4. The van der Waals surface area contributed by atoms with Crippen LogP contribution in [-0.4, -0.2) is 29.5 Å². The average molecular weight is 378 g/mol. The summed E-state index contributed by atoms with van der Waals surface area (Å²) < 4.78 is 53.1. The molecule has 0 saturated carbocycles. The van der Waals surface area contributed by atoms with E-state index in [1.807, 2.05) is 0 Å². The quantitative estimate of drug-likeness (QED) is 0.833. The third-order valence-corrected chi connectivity index (χ3v) is 4.30. The first-order chi connectivity index (χ1) is 12.8. The van der Waals surface area contributed by atoms with Crippen molar-refractivity contribution in [2.45, 2.75) is 25.1 Å². The second kappa shape index (κ2) is 6.98. The highest BCUT2D eigenvalue weighted by atomic mass is 19.4. The summed E-state index contributed by atoms with van der Waals surface area (Å²) in [7, 11) is 0. The van der Waals surface area contributed by atoms with E-state index in [4.69, 9.17) is 9.47 Å². The van der Waals surface area contributed by atoms with Crippen LogP contribution in [0.4, 0.5) is 13.2 Å². The van der Waals surface area contributed by atoms with Gasteiger partial charge in [0.15, 0.2) is 0 Å². The number of ether oxygens (including phenoxy) is 2. The summed E-state index contributed by atoms with van der Waals surface area (Å²) >= 11 is 0. The summed E-state index contributed by atoms with van der Waals surface area (Å²) in [6.07, 6.45) is -4.58. The van der Waals surface area contributed by atoms with Crippen LogP contribution in [-0.2, 0) is 11.2 Å². The van der Waals surface area contributed by atoms with E-state index in [9.17, 15) is 23.1 Å². The lowest BCUT2D eigenvalue weighted by Gasteiger charge is -2.39. The fourth-order valence-electron chi connectivity index (χ4n) is 3.06. The van der Waals surface area contributed by atoms with Crippen LogP contribution >= 0.6 is 0 Å². The number of halogens is 3. The second-order valence-electron chi connectivity index (χ2n) is 6.09. The standard InChI is InChI=1S/C20H17F3O4/c1-2-26-15-8-9-17-14(10-15)11-16(18(24)25)19(27-17,20(21,22)23)12-13-6-4-3-5-7-13/h3-11H,2,12H2,1H3,(H,24,25). The molecular formula is C20H17F3O4. The van der Waals surface area contributed by atoms with E-state index in [0.717, 1.165) is 6.08 Å². The van der Waals surface area contributed by atoms with Crippen molar-refractivity contribution in [2.24, 2.45) is 0 Å². The molecule has 2 aromatic rings. The molecule has 0 spiro atoms. The first-order valence-corrected chi connectivity index (χ1v) is 8.29. The summed E-state index contributed by atoms with van der Waals surface area (Å²) in [5.74, 6) is -1.31. The molecule has 0 amide bonds. The lowest BCUT2D eigenvalue weighted by molar-refractivity contribution is -0.235. The Morgan fingerprint density at radius 3 is 2.48 bits per heavy atom. The highest BCUT2D eigenvalue weighted by Gasteiger charge is 2.63. The molecule has 27 heavy (non-hydrogen) atoms. The Morgan fingerprint density at radius 2 is 1.89 bits per heavy atom. The van der Waals surface area contributed by atoms with E-state index >= 15 is 0 Å². The molecule has 3 rings (SSSR count). The Labute approximate surface area is 153 Å². The number of aliphatic carboxylic acids is 1. The van der Waals surface area contributed by atoms with Gasteiger partial charge in [-0.25, -0.2) is 4.79 Å². The molecule has 2 aromatic carbocycles. The van der Waals surface area contributed by atoms with Crippen molar-refractivity contribution in [1.29, 1.82) is 0 Å². The topological polar surface area (TPSA) is 55.8 Å². The molecule has 0 bridgehead atoms. The molecule has 1 aliphatic rings. The predicted octanol–water partition coefficient (Wildman–Crippen LogP) is 4.49. The molecule has 1 aliphatic heterocycles. The van der Waals surface area contributed by atoms with Gasteiger partial charge in [-0.15, -0.1) is 0 Å². The highest BCUT2D eigenvalue weighted by Crippen LogP contribution is 2.47. The van der Waals surface area contributed by atoms with Crippen molar-refractivity contribution >= 4 is 12.0 Å². The summed E-state index contributed by atoms with van der Waals surface area (Å²) in [4.78, 5) is 11.7. The summed E-state index contributed by atoms with van der Waals surface area (Å²) in [5, 5.41) is 9.53. The molecule has 7 heteroatoms. The lowest BCUT2D eigenvalue weighted by atomic mass is 9.82. The number of carbonyl (C=O) groups is 1. The first kappa shape index (κ1) is 18.8. The number of alkyl halides is 3. The normalized spacial score (nSPS) is 18.9. The number of benzene rings is 2. The molecule has 0 fully saturated rings. The Morgan fingerprint density at radius 1 is 1.19 bits per heavy atom. The number of rotatable bonds is 5. The summed E-state index contributed by atoms with van der Waals surface area (Å²) in [6.45, 7) is 2.14. The van der Waals surface area contributed by atoms with Crippen LogP contribution in [0.2, 0.25) is 0 Å². The SMILES string of the molecule is CCOc1ccc2c(c1)C=C(C(=O)O)C(Cc1ccccc1)(C(F)(F)F)O2. The van der Waals surface area contributed by atoms with Crippen molar-refractivity contribution in [3.8, 4) is 11.5 Å². The van der Waals surface area contributed by atoms with Crippen LogP contribution in [0, 0.1) is 0 Å². The maximum absolute atomic E-state index is 14.1. The van der Waals surface area contributed by atoms with Crippen LogP contribution < -0.4 is 9.47 Å². The van der Waals surface area contributed by atoms with E-state index < -0.39 is 29.7 Å². The van der Waals surface area contributed by atoms with E-state index in [0.29, 0.717) is 17.9 Å². The fourth-order valence-corrected chi connectivity index (χ4v) is 3.06. The van der Waals surface area contributed by atoms with Crippen molar-refractivity contribution < 1.29 is 32.5 Å². The van der Waals surface area contributed by atoms with Gasteiger partial charge < -0.3 is 14.6 Å². The van der Waals surface area contributed by atoms with Crippen LogP contribution in [0.25, 0.3) is 6.08 Å². The fraction of sp³-hybridized carbons (Fsp3) is 0.250. The molecule has 142 valence electrons. The van der Waals surface area contributed by atoms with E-state index in [2.05, 4.69) is 0 Å². The van der Waals surface area contributed by atoms with E-state index in [-0.39, 0.29) is 11.3 Å². The Bertz CT molecular complexity index is 875. The molecule has 1 N–H and O–H groups in total. The van der Waals surface area contributed by atoms with Crippen LogP contribution in [0.1, 0.15) is 18.1 Å². The van der Waals surface area contributed by atoms with Gasteiger partial charge in [0.1, 0.15) is 11.5 Å². The largest absolute Gasteiger partial charge is 0.494 e. The molecule has 0 aromatic heterocycles. The molecule has 4 nitrogen and oxygen atoms in total. The number of fused-ring (bicyclic) bond motifs is 1. The van der Waals surface area contributed by atoms with Crippen molar-refractivity contribution in [2.75, 3.05) is 6.61 Å². The highest BCUT2D eigenvalue weighted by molar-refractivity contribution is 5.96. The van der Waals surface area contributed by atoms with Gasteiger partial charge in [-0.2, -0.15) is 13.2 Å². The van der Waals surface area contributed by atoms with Gasteiger partial charge in [-0.3, -0.25) is 0 Å². The van der Waals surface area contributed by atoms with Gasteiger partial charge in [0.25, 0.3) is 0 Å². The Hall–Kier alpha value is -2.96. The Balaban J connectivity index is 2.15. The van der Waals surface area contributed by atoms with Crippen molar-refractivity contribution in [3.05, 3.63) is 65.2 Å². The number of carboxylic acid groups (broad SMARTS) is 1. The van der Waals surface area contributed by atoms with Crippen LogP contribution in [0.15, 0.2) is 54.1 Å². The minimum Gasteiger partial charge on any atom is -0.494 e. The maximum Gasteiger partial charge on any atom is 0.433 e. The molecule has 1 atom stereocenters.